The minimum atomic E-state index is -0.231. The van der Waals surface area contributed by atoms with Gasteiger partial charge in [0.1, 0.15) is 5.82 Å². The van der Waals surface area contributed by atoms with Gasteiger partial charge < -0.3 is 5.73 Å². The Morgan fingerprint density at radius 3 is 2.57 bits per heavy atom. The van der Waals surface area contributed by atoms with Gasteiger partial charge in [-0.05, 0) is 24.5 Å². The smallest absolute Gasteiger partial charge is 0.129 e. The van der Waals surface area contributed by atoms with Gasteiger partial charge in [-0.2, -0.15) is 0 Å². The van der Waals surface area contributed by atoms with Crippen molar-refractivity contribution >= 4 is 15.9 Å². The summed E-state index contributed by atoms with van der Waals surface area (Å²) in [6.07, 6.45) is 0.791. The van der Waals surface area contributed by atoms with E-state index < -0.39 is 0 Å². The highest BCUT2D eigenvalue weighted by molar-refractivity contribution is 9.10. The van der Waals surface area contributed by atoms with Gasteiger partial charge in [0.25, 0.3) is 0 Å². The van der Waals surface area contributed by atoms with Gasteiger partial charge in [-0.15, -0.1) is 0 Å². The zero-order valence-electron chi connectivity index (χ0n) is 8.43. The first kappa shape index (κ1) is 11.7. The zero-order chi connectivity index (χ0) is 10.7. The molecule has 0 radical (unpaired) electrons. The average Bonchev–Trinajstić information content (AvgIpc) is 2.01. The Bertz CT molecular complexity index is 292. The van der Waals surface area contributed by atoms with Crippen molar-refractivity contribution < 1.29 is 4.39 Å². The Morgan fingerprint density at radius 1 is 1.43 bits per heavy atom. The zero-order valence-corrected chi connectivity index (χ0v) is 10.0. The van der Waals surface area contributed by atoms with E-state index in [1.165, 1.54) is 6.07 Å². The van der Waals surface area contributed by atoms with Crippen molar-refractivity contribution in [2.45, 2.75) is 26.3 Å². The quantitative estimate of drug-likeness (QED) is 0.882. The van der Waals surface area contributed by atoms with Crippen LogP contribution >= 0.6 is 15.9 Å². The predicted molar refractivity (Wildman–Crippen MR) is 60.5 cm³/mol. The summed E-state index contributed by atoms with van der Waals surface area (Å²) in [6, 6.07) is 4.70. The maximum absolute atomic E-state index is 13.4. The first-order chi connectivity index (χ1) is 6.52. The molecule has 0 saturated heterocycles. The van der Waals surface area contributed by atoms with E-state index in [2.05, 4.69) is 29.8 Å². The lowest BCUT2D eigenvalue weighted by atomic mass is 9.97. The second-order valence-corrected chi connectivity index (χ2v) is 4.73. The fraction of sp³-hybridized carbons (Fsp3) is 0.455. The van der Waals surface area contributed by atoms with Crippen molar-refractivity contribution in [2.75, 3.05) is 0 Å². The standard InChI is InChI=1S/C11H15BrFN/c1-7(2)6-10(14)11-8(12)4-3-5-9(11)13/h3-5,7,10H,6,14H2,1-2H3/t10-/m0/s1. The lowest BCUT2D eigenvalue weighted by Crippen LogP contribution is -2.15. The molecule has 0 unspecified atom stereocenters. The molecule has 78 valence electrons. The summed E-state index contributed by atoms with van der Waals surface area (Å²) in [5.41, 5.74) is 6.51. The molecule has 0 aliphatic heterocycles. The number of hydrogen-bond acceptors (Lipinski definition) is 1. The summed E-state index contributed by atoms with van der Waals surface area (Å²) in [5.74, 6) is 0.240. The van der Waals surface area contributed by atoms with E-state index in [9.17, 15) is 4.39 Å². The Balaban J connectivity index is 2.94. The average molecular weight is 260 g/mol. The molecular weight excluding hydrogens is 245 g/mol. The fourth-order valence-corrected chi connectivity index (χ4v) is 2.13. The lowest BCUT2D eigenvalue weighted by Gasteiger charge is -2.16. The molecule has 0 fully saturated rings. The Hall–Kier alpha value is -0.410. The van der Waals surface area contributed by atoms with Crippen LogP contribution in [-0.2, 0) is 0 Å². The van der Waals surface area contributed by atoms with Crippen molar-refractivity contribution in [3.05, 3.63) is 34.1 Å². The van der Waals surface area contributed by atoms with Crippen LogP contribution in [0.15, 0.2) is 22.7 Å². The van der Waals surface area contributed by atoms with Crippen LogP contribution in [0.5, 0.6) is 0 Å². The second kappa shape index (κ2) is 4.89. The molecule has 0 aromatic heterocycles. The highest BCUT2D eigenvalue weighted by atomic mass is 79.9. The van der Waals surface area contributed by atoms with E-state index in [0.717, 1.165) is 10.9 Å². The summed E-state index contributed by atoms with van der Waals surface area (Å²) in [7, 11) is 0. The van der Waals surface area contributed by atoms with Crippen LogP contribution in [0, 0.1) is 11.7 Å². The van der Waals surface area contributed by atoms with Gasteiger partial charge >= 0.3 is 0 Å². The van der Waals surface area contributed by atoms with Crippen LogP contribution in [0.4, 0.5) is 4.39 Å². The van der Waals surface area contributed by atoms with Gasteiger partial charge in [0.2, 0.25) is 0 Å². The lowest BCUT2D eigenvalue weighted by molar-refractivity contribution is 0.487. The molecule has 14 heavy (non-hydrogen) atoms. The minimum Gasteiger partial charge on any atom is -0.324 e. The number of rotatable bonds is 3. The van der Waals surface area contributed by atoms with Gasteiger partial charge in [0, 0.05) is 16.1 Å². The van der Waals surface area contributed by atoms with Crippen LogP contribution < -0.4 is 5.73 Å². The Labute approximate surface area is 92.6 Å². The maximum atomic E-state index is 13.4. The monoisotopic (exact) mass is 259 g/mol. The molecule has 3 heteroatoms. The Morgan fingerprint density at radius 2 is 2.07 bits per heavy atom. The molecule has 1 atom stereocenters. The molecule has 0 amide bonds. The molecule has 2 N–H and O–H groups in total. The molecule has 0 aliphatic carbocycles. The van der Waals surface area contributed by atoms with Crippen molar-refractivity contribution in [3.63, 3.8) is 0 Å². The summed E-state index contributed by atoms with van der Waals surface area (Å²) in [4.78, 5) is 0. The number of nitrogens with two attached hydrogens (primary N) is 1. The summed E-state index contributed by atoms with van der Waals surface area (Å²) in [6.45, 7) is 4.16. The molecule has 1 aromatic rings. The van der Waals surface area contributed by atoms with Crippen molar-refractivity contribution in [3.8, 4) is 0 Å². The van der Waals surface area contributed by atoms with E-state index in [1.807, 2.05) is 6.07 Å². The number of benzene rings is 1. The normalized spacial score (nSPS) is 13.3. The van der Waals surface area contributed by atoms with Gasteiger partial charge in [-0.25, -0.2) is 4.39 Å². The first-order valence-corrected chi connectivity index (χ1v) is 5.51. The van der Waals surface area contributed by atoms with E-state index in [1.54, 1.807) is 6.07 Å². The number of halogens is 2. The largest absolute Gasteiger partial charge is 0.324 e. The Kier molecular flexibility index (Phi) is 4.08. The van der Waals surface area contributed by atoms with Gasteiger partial charge in [-0.3, -0.25) is 0 Å². The number of hydrogen-bond donors (Lipinski definition) is 1. The van der Waals surface area contributed by atoms with E-state index >= 15 is 0 Å². The fourth-order valence-electron chi connectivity index (χ4n) is 1.49. The van der Waals surface area contributed by atoms with Crippen LogP contribution in [0.25, 0.3) is 0 Å². The molecule has 0 saturated carbocycles. The summed E-state index contributed by atoms with van der Waals surface area (Å²) >= 11 is 3.32. The molecule has 1 nitrogen and oxygen atoms in total. The van der Waals surface area contributed by atoms with E-state index in [0.29, 0.717) is 11.5 Å². The van der Waals surface area contributed by atoms with Crippen molar-refractivity contribution in [1.82, 2.24) is 0 Å². The third kappa shape index (κ3) is 2.79. The molecular formula is C11H15BrFN. The molecule has 1 aromatic carbocycles. The molecule has 0 bridgehead atoms. The SMILES string of the molecule is CC(C)C[C@H](N)c1c(F)cccc1Br. The van der Waals surface area contributed by atoms with Crippen LogP contribution in [0.3, 0.4) is 0 Å². The third-order valence-electron chi connectivity index (χ3n) is 2.10. The molecule has 0 heterocycles. The van der Waals surface area contributed by atoms with Gasteiger partial charge in [0.15, 0.2) is 0 Å². The van der Waals surface area contributed by atoms with Crippen molar-refractivity contribution in [2.24, 2.45) is 11.7 Å². The molecule has 0 aliphatic rings. The van der Waals surface area contributed by atoms with E-state index in [-0.39, 0.29) is 11.9 Å². The molecule has 1 rings (SSSR count). The maximum Gasteiger partial charge on any atom is 0.129 e. The van der Waals surface area contributed by atoms with Crippen LogP contribution in [0.2, 0.25) is 0 Å². The summed E-state index contributed by atoms with van der Waals surface area (Å²) < 4.78 is 14.2. The summed E-state index contributed by atoms with van der Waals surface area (Å²) in [5, 5.41) is 0. The first-order valence-electron chi connectivity index (χ1n) is 4.72. The minimum absolute atomic E-state index is 0.229. The third-order valence-corrected chi connectivity index (χ3v) is 2.79. The van der Waals surface area contributed by atoms with Crippen LogP contribution in [-0.4, -0.2) is 0 Å². The van der Waals surface area contributed by atoms with Gasteiger partial charge in [0.05, 0.1) is 0 Å². The van der Waals surface area contributed by atoms with Gasteiger partial charge in [-0.1, -0.05) is 35.8 Å². The van der Waals surface area contributed by atoms with Crippen molar-refractivity contribution in [1.29, 1.82) is 0 Å². The predicted octanol–water partition coefficient (Wildman–Crippen LogP) is 3.63. The highest BCUT2D eigenvalue weighted by Crippen LogP contribution is 2.28. The molecule has 0 spiro atoms. The highest BCUT2D eigenvalue weighted by Gasteiger charge is 2.15. The van der Waals surface area contributed by atoms with E-state index in [4.69, 9.17) is 5.73 Å². The second-order valence-electron chi connectivity index (χ2n) is 3.87. The topological polar surface area (TPSA) is 26.0 Å². The van der Waals surface area contributed by atoms with Crippen LogP contribution in [0.1, 0.15) is 31.9 Å².